The van der Waals surface area contributed by atoms with Crippen LogP contribution < -0.4 is 4.74 Å². The number of hydrogen-bond acceptors (Lipinski definition) is 6. The van der Waals surface area contributed by atoms with E-state index in [-0.39, 0.29) is 18.4 Å². The van der Waals surface area contributed by atoms with Crippen LogP contribution in [-0.2, 0) is 29.0 Å². The van der Waals surface area contributed by atoms with Crippen LogP contribution in [0.25, 0.3) is 0 Å². The topological polar surface area (TPSA) is 89.0 Å². The molecule has 4 rings (SSSR count). The van der Waals surface area contributed by atoms with Crippen molar-refractivity contribution in [1.82, 2.24) is 9.88 Å². The summed E-state index contributed by atoms with van der Waals surface area (Å²) in [4.78, 5) is 30.4. The molecule has 4 aromatic rings. The van der Waals surface area contributed by atoms with Gasteiger partial charge in [0.2, 0.25) is 5.88 Å². The highest BCUT2D eigenvalue weighted by atomic mass is 16.6. The summed E-state index contributed by atoms with van der Waals surface area (Å²) in [5, 5.41) is 9.57. The molecule has 3 aromatic carbocycles. The Morgan fingerprint density at radius 1 is 0.810 bits per heavy atom. The van der Waals surface area contributed by atoms with E-state index in [0.717, 1.165) is 28.7 Å². The molecule has 1 N–H and O–H groups in total. The Morgan fingerprint density at radius 3 is 1.90 bits per heavy atom. The predicted octanol–water partition coefficient (Wildman–Crippen LogP) is 5.92. The molecule has 1 heterocycles. The lowest BCUT2D eigenvalue weighted by Crippen LogP contribution is -2.30. The number of pyridine rings is 1. The third kappa shape index (κ3) is 8.97. The van der Waals surface area contributed by atoms with Gasteiger partial charge in [0.05, 0.1) is 12.7 Å². The number of rotatable bonds is 11. The molecule has 0 unspecified atom stereocenters. The van der Waals surface area contributed by atoms with Crippen molar-refractivity contribution in [3.8, 4) is 23.5 Å². The molecule has 0 aliphatic heterocycles. The average Bonchev–Trinajstić information content (AvgIpc) is 3.03. The number of nitrogens with zero attached hydrogens (tertiary/aromatic N) is 2. The second-order valence-corrected chi connectivity index (χ2v) is 9.82. The highest BCUT2D eigenvalue weighted by molar-refractivity contribution is 5.94. The Labute approximate surface area is 246 Å². The normalized spacial score (nSPS) is 10.3. The molecule has 0 bridgehead atoms. The van der Waals surface area contributed by atoms with Crippen LogP contribution in [0.3, 0.4) is 0 Å². The van der Waals surface area contributed by atoms with Gasteiger partial charge in [-0.2, -0.15) is 0 Å². The highest BCUT2D eigenvalue weighted by Crippen LogP contribution is 2.18. The number of methoxy groups -OCH3 is 1. The zero-order valence-corrected chi connectivity index (χ0v) is 23.9. The molecule has 0 spiro atoms. The van der Waals surface area contributed by atoms with Crippen LogP contribution >= 0.6 is 0 Å². The Bertz CT molecular complexity index is 1520. The summed E-state index contributed by atoms with van der Waals surface area (Å²) >= 11 is 0. The van der Waals surface area contributed by atoms with Crippen molar-refractivity contribution in [2.45, 2.75) is 39.3 Å². The number of unbranched alkanes of at least 4 members (excludes halogenated alkanes) is 1. The first-order valence-electron chi connectivity index (χ1n) is 13.9. The van der Waals surface area contributed by atoms with Crippen molar-refractivity contribution in [3.05, 3.63) is 125 Å². The Morgan fingerprint density at radius 2 is 1.38 bits per heavy atom. The summed E-state index contributed by atoms with van der Waals surface area (Å²) in [7, 11) is 1.30. The van der Waals surface area contributed by atoms with Crippen LogP contribution in [0.1, 0.15) is 57.9 Å². The summed E-state index contributed by atoms with van der Waals surface area (Å²) in [6.45, 7) is 2.69. The maximum atomic E-state index is 13.5. The summed E-state index contributed by atoms with van der Waals surface area (Å²) in [6, 6.07) is 26.4. The minimum absolute atomic E-state index is 0.148. The fraction of sp³-hybridized carbons (Fsp3) is 0.229. The minimum atomic E-state index is -0.466. The average molecular weight is 563 g/mol. The van der Waals surface area contributed by atoms with Gasteiger partial charge in [-0.3, -0.25) is 4.79 Å². The van der Waals surface area contributed by atoms with Gasteiger partial charge in [-0.1, -0.05) is 61.6 Å². The number of esters is 1. The molecule has 0 saturated carbocycles. The maximum absolute atomic E-state index is 13.5. The minimum Gasteiger partial charge on any atom is -0.493 e. The standard InChI is InChI=1S/C35H34N2O5/c1-3-4-5-26-6-8-27(9-7-26)10-11-28-12-14-29(15-13-28)23-37(35(40)31-18-21-33(38)36-22-31)24-30-16-19-32(20-17-30)42-25-34(39)41-2/h6-9,12-22H,3-5,23-25H2,1-2H3,(H,36,38). The van der Waals surface area contributed by atoms with Gasteiger partial charge in [0.1, 0.15) is 5.75 Å². The van der Waals surface area contributed by atoms with Gasteiger partial charge < -0.3 is 19.5 Å². The predicted molar refractivity (Wildman–Crippen MR) is 161 cm³/mol. The van der Waals surface area contributed by atoms with Gasteiger partial charge >= 0.3 is 5.97 Å². The number of amides is 1. The Kier molecular flexibility index (Phi) is 10.7. The molecule has 1 aromatic heterocycles. The van der Waals surface area contributed by atoms with E-state index in [1.54, 1.807) is 23.1 Å². The van der Waals surface area contributed by atoms with Gasteiger partial charge in [0, 0.05) is 36.5 Å². The van der Waals surface area contributed by atoms with Crippen LogP contribution in [0, 0.1) is 11.8 Å². The smallest absolute Gasteiger partial charge is 0.343 e. The second-order valence-electron chi connectivity index (χ2n) is 9.82. The molecule has 0 saturated heterocycles. The number of aromatic nitrogens is 1. The van der Waals surface area contributed by atoms with Crippen LogP contribution in [0.15, 0.2) is 91.1 Å². The number of aromatic hydroxyl groups is 1. The first kappa shape index (κ1) is 29.9. The van der Waals surface area contributed by atoms with Gasteiger partial charge in [-0.05, 0) is 72.0 Å². The molecule has 214 valence electrons. The molecule has 0 radical (unpaired) electrons. The van der Waals surface area contributed by atoms with E-state index in [1.807, 2.05) is 36.4 Å². The third-order valence-electron chi connectivity index (χ3n) is 6.61. The molecule has 0 aliphatic carbocycles. The molecular weight excluding hydrogens is 528 g/mol. The molecule has 7 nitrogen and oxygen atoms in total. The third-order valence-corrected chi connectivity index (χ3v) is 6.61. The van der Waals surface area contributed by atoms with Gasteiger partial charge in [-0.15, -0.1) is 0 Å². The van der Waals surface area contributed by atoms with E-state index in [1.165, 1.54) is 37.8 Å². The van der Waals surface area contributed by atoms with E-state index in [0.29, 0.717) is 24.4 Å². The lowest BCUT2D eigenvalue weighted by molar-refractivity contribution is -0.142. The number of hydrogen-bond donors (Lipinski definition) is 1. The van der Waals surface area contributed by atoms with Crippen molar-refractivity contribution >= 4 is 11.9 Å². The SMILES string of the molecule is CCCCc1ccc(C#Cc2ccc(CN(Cc3ccc(OCC(=O)OC)cc3)C(=O)c3ccc(O)nc3)cc2)cc1. The Balaban J connectivity index is 1.46. The number of carbonyl (C=O) groups excluding carboxylic acids is 2. The van der Waals surface area contributed by atoms with Crippen LogP contribution in [0.2, 0.25) is 0 Å². The zero-order valence-electron chi connectivity index (χ0n) is 23.9. The molecule has 0 atom stereocenters. The van der Waals surface area contributed by atoms with Crippen molar-refractivity contribution < 1.29 is 24.2 Å². The summed E-state index contributed by atoms with van der Waals surface area (Å²) in [6.07, 6.45) is 4.82. The fourth-order valence-corrected chi connectivity index (χ4v) is 4.20. The highest BCUT2D eigenvalue weighted by Gasteiger charge is 2.18. The van der Waals surface area contributed by atoms with Gasteiger partial charge in [0.25, 0.3) is 5.91 Å². The molecular formula is C35H34N2O5. The van der Waals surface area contributed by atoms with Crippen LogP contribution in [0.4, 0.5) is 0 Å². The van der Waals surface area contributed by atoms with E-state index < -0.39 is 5.97 Å². The summed E-state index contributed by atoms with van der Waals surface area (Å²) < 4.78 is 10.0. The fourth-order valence-electron chi connectivity index (χ4n) is 4.20. The number of aryl methyl sites for hydroxylation is 1. The lowest BCUT2D eigenvalue weighted by atomic mass is 10.1. The molecule has 1 amide bonds. The maximum Gasteiger partial charge on any atom is 0.343 e. The van der Waals surface area contributed by atoms with Gasteiger partial charge in [-0.25, -0.2) is 9.78 Å². The second kappa shape index (κ2) is 15.1. The van der Waals surface area contributed by atoms with Gasteiger partial charge in [0.15, 0.2) is 6.61 Å². The van der Waals surface area contributed by atoms with E-state index in [2.05, 4.69) is 52.8 Å². The van der Waals surface area contributed by atoms with Crippen LogP contribution in [-0.4, -0.2) is 40.6 Å². The first-order valence-corrected chi connectivity index (χ1v) is 13.9. The lowest BCUT2D eigenvalue weighted by Gasteiger charge is -2.23. The molecule has 42 heavy (non-hydrogen) atoms. The number of benzene rings is 3. The molecule has 0 aliphatic rings. The summed E-state index contributed by atoms with van der Waals surface area (Å²) in [5.41, 5.74) is 5.38. The number of ether oxygens (including phenoxy) is 2. The van der Waals surface area contributed by atoms with Crippen molar-refractivity contribution in [1.29, 1.82) is 0 Å². The van der Waals surface area contributed by atoms with E-state index in [4.69, 9.17) is 4.74 Å². The summed E-state index contributed by atoms with van der Waals surface area (Å²) in [5.74, 6) is 6.13. The van der Waals surface area contributed by atoms with E-state index in [9.17, 15) is 14.7 Å². The monoisotopic (exact) mass is 562 g/mol. The Hall–Kier alpha value is -5.09. The quantitative estimate of drug-likeness (QED) is 0.180. The van der Waals surface area contributed by atoms with Crippen molar-refractivity contribution in [3.63, 3.8) is 0 Å². The largest absolute Gasteiger partial charge is 0.493 e. The van der Waals surface area contributed by atoms with E-state index >= 15 is 0 Å². The molecule has 0 fully saturated rings. The number of carbonyl (C=O) groups is 2. The van der Waals surface area contributed by atoms with Crippen LogP contribution in [0.5, 0.6) is 11.6 Å². The first-order chi connectivity index (χ1) is 20.4. The zero-order chi connectivity index (χ0) is 29.7. The molecule has 7 heteroatoms. The van der Waals surface area contributed by atoms with Crippen molar-refractivity contribution in [2.24, 2.45) is 0 Å². The van der Waals surface area contributed by atoms with Crippen molar-refractivity contribution in [2.75, 3.05) is 13.7 Å².